The Bertz CT molecular complexity index is 342. The van der Waals surface area contributed by atoms with E-state index in [1.807, 2.05) is 6.20 Å². The van der Waals surface area contributed by atoms with Gasteiger partial charge in [0.1, 0.15) is 0 Å². The Morgan fingerprint density at radius 2 is 2.18 bits per heavy atom. The van der Waals surface area contributed by atoms with E-state index in [4.69, 9.17) is 0 Å². The van der Waals surface area contributed by atoms with Crippen LogP contribution in [-0.2, 0) is 12.8 Å². The molecule has 0 saturated carbocycles. The minimum absolute atomic E-state index is 0.829. The normalized spacial score (nSPS) is 13.2. The zero-order chi connectivity index (χ0) is 7.68. The standard InChI is InChI=1S/C10H9N/c1-8-6-9-4-2-3-5-10(9)11-7-8/h6-7H,4-5H2,1H3. The smallest absolute Gasteiger partial charge is 0.0564 e. The molecule has 0 aromatic carbocycles. The number of hydrogen-bond acceptors (Lipinski definition) is 1. The molecule has 54 valence electrons. The summed E-state index contributed by atoms with van der Waals surface area (Å²) in [7, 11) is 0. The maximum atomic E-state index is 4.32. The minimum atomic E-state index is 0.829. The van der Waals surface area contributed by atoms with Gasteiger partial charge in [0.15, 0.2) is 0 Å². The predicted octanol–water partition coefficient (Wildman–Crippen LogP) is 1.49. The summed E-state index contributed by atoms with van der Waals surface area (Å²) in [4.78, 5) is 4.32. The molecule has 1 heterocycles. The van der Waals surface area contributed by atoms with Gasteiger partial charge in [-0.3, -0.25) is 4.98 Å². The Balaban J connectivity index is 2.51. The van der Waals surface area contributed by atoms with Crippen LogP contribution < -0.4 is 0 Å². The van der Waals surface area contributed by atoms with Crippen LogP contribution in [0.3, 0.4) is 0 Å². The average Bonchev–Trinajstić information content (AvgIpc) is 2.04. The molecule has 0 radical (unpaired) electrons. The third-order valence-corrected chi connectivity index (χ3v) is 1.86. The van der Waals surface area contributed by atoms with Crippen LogP contribution in [0.5, 0.6) is 0 Å². The lowest BCUT2D eigenvalue weighted by molar-refractivity contribution is 1.03. The van der Waals surface area contributed by atoms with Gasteiger partial charge in [-0.15, -0.1) is 0 Å². The number of nitrogens with zero attached hydrogens (tertiary/aromatic N) is 1. The lowest BCUT2D eigenvalue weighted by atomic mass is 10.0. The topological polar surface area (TPSA) is 12.9 Å². The summed E-state index contributed by atoms with van der Waals surface area (Å²) in [5.41, 5.74) is 3.70. The fourth-order valence-electron chi connectivity index (χ4n) is 1.27. The highest BCUT2D eigenvalue weighted by atomic mass is 14.7. The average molecular weight is 143 g/mol. The van der Waals surface area contributed by atoms with Crippen molar-refractivity contribution in [2.45, 2.75) is 19.8 Å². The summed E-state index contributed by atoms with van der Waals surface area (Å²) in [5.74, 6) is 6.13. The van der Waals surface area contributed by atoms with Gasteiger partial charge in [-0.25, -0.2) is 0 Å². The van der Waals surface area contributed by atoms with E-state index in [2.05, 4.69) is 29.8 Å². The molecule has 0 fully saturated rings. The van der Waals surface area contributed by atoms with Crippen LogP contribution in [0.1, 0.15) is 16.8 Å². The molecule has 1 heteroatoms. The summed E-state index contributed by atoms with van der Waals surface area (Å²) >= 11 is 0. The van der Waals surface area contributed by atoms with E-state index >= 15 is 0 Å². The largest absolute Gasteiger partial charge is 0.260 e. The molecule has 1 aromatic rings. The van der Waals surface area contributed by atoms with Gasteiger partial charge in [0.05, 0.1) is 12.1 Å². The number of pyridine rings is 1. The van der Waals surface area contributed by atoms with Crippen molar-refractivity contribution in [3.05, 3.63) is 29.1 Å². The molecule has 0 N–H and O–H groups in total. The lowest BCUT2D eigenvalue weighted by Crippen LogP contribution is -2.00. The fraction of sp³-hybridized carbons (Fsp3) is 0.300. The fourth-order valence-corrected chi connectivity index (χ4v) is 1.27. The van der Waals surface area contributed by atoms with Gasteiger partial charge < -0.3 is 0 Å². The molecule has 0 atom stereocenters. The summed E-state index contributed by atoms with van der Waals surface area (Å²) in [6, 6.07) is 2.18. The molecule has 0 saturated heterocycles. The van der Waals surface area contributed by atoms with Crippen LogP contribution in [0.15, 0.2) is 12.3 Å². The second kappa shape index (κ2) is 2.39. The zero-order valence-corrected chi connectivity index (χ0v) is 6.52. The van der Waals surface area contributed by atoms with E-state index in [0.717, 1.165) is 18.5 Å². The first-order valence-corrected chi connectivity index (χ1v) is 3.76. The monoisotopic (exact) mass is 143 g/mol. The zero-order valence-electron chi connectivity index (χ0n) is 6.52. The second-order valence-electron chi connectivity index (χ2n) is 2.83. The molecule has 0 aliphatic heterocycles. The first kappa shape index (κ1) is 6.42. The Kier molecular flexibility index (Phi) is 1.40. The Labute approximate surface area is 66.5 Å². The van der Waals surface area contributed by atoms with Crippen LogP contribution in [0.25, 0.3) is 0 Å². The molecule has 1 aromatic heterocycles. The molecule has 2 rings (SSSR count). The molecule has 0 bridgehead atoms. The van der Waals surface area contributed by atoms with Gasteiger partial charge in [-0.05, 0) is 18.1 Å². The van der Waals surface area contributed by atoms with Crippen LogP contribution in [-0.4, -0.2) is 4.98 Å². The van der Waals surface area contributed by atoms with E-state index in [1.165, 1.54) is 11.1 Å². The molecule has 1 aliphatic rings. The third-order valence-electron chi connectivity index (χ3n) is 1.86. The van der Waals surface area contributed by atoms with Gasteiger partial charge >= 0.3 is 0 Å². The van der Waals surface area contributed by atoms with E-state index in [9.17, 15) is 0 Å². The minimum Gasteiger partial charge on any atom is -0.260 e. The van der Waals surface area contributed by atoms with Gasteiger partial charge in [0.25, 0.3) is 0 Å². The van der Waals surface area contributed by atoms with Crippen molar-refractivity contribution < 1.29 is 0 Å². The molecule has 0 amide bonds. The Morgan fingerprint density at radius 3 is 3.09 bits per heavy atom. The van der Waals surface area contributed by atoms with Crippen molar-refractivity contribution >= 4 is 0 Å². The first-order valence-electron chi connectivity index (χ1n) is 3.76. The maximum Gasteiger partial charge on any atom is 0.0564 e. The highest BCUT2D eigenvalue weighted by molar-refractivity contribution is 5.34. The van der Waals surface area contributed by atoms with Crippen molar-refractivity contribution in [1.29, 1.82) is 0 Å². The van der Waals surface area contributed by atoms with Crippen LogP contribution in [0, 0.1) is 18.8 Å². The Morgan fingerprint density at radius 1 is 1.36 bits per heavy atom. The van der Waals surface area contributed by atoms with Gasteiger partial charge in [-0.1, -0.05) is 17.9 Å². The van der Waals surface area contributed by atoms with Gasteiger partial charge in [0, 0.05) is 12.6 Å². The van der Waals surface area contributed by atoms with Crippen molar-refractivity contribution in [2.75, 3.05) is 0 Å². The van der Waals surface area contributed by atoms with E-state index in [1.54, 1.807) is 0 Å². The number of fused-ring (bicyclic) bond motifs is 1. The van der Waals surface area contributed by atoms with Gasteiger partial charge in [-0.2, -0.15) is 0 Å². The summed E-state index contributed by atoms with van der Waals surface area (Å²) in [5, 5.41) is 0. The van der Waals surface area contributed by atoms with Crippen molar-refractivity contribution in [1.82, 2.24) is 4.98 Å². The predicted molar refractivity (Wildman–Crippen MR) is 44.2 cm³/mol. The molecule has 1 nitrogen and oxygen atoms in total. The van der Waals surface area contributed by atoms with Crippen molar-refractivity contribution in [3.63, 3.8) is 0 Å². The highest BCUT2D eigenvalue weighted by Gasteiger charge is 2.04. The number of rotatable bonds is 0. The number of hydrogen-bond donors (Lipinski definition) is 0. The molecular formula is C10H9N. The van der Waals surface area contributed by atoms with E-state index < -0.39 is 0 Å². The Hall–Kier alpha value is -1.29. The second-order valence-corrected chi connectivity index (χ2v) is 2.83. The van der Waals surface area contributed by atoms with Crippen molar-refractivity contribution in [2.24, 2.45) is 0 Å². The van der Waals surface area contributed by atoms with Crippen LogP contribution in [0.2, 0.25) is 0 Å². The summed E-state index contributed by atoms with van der Waals surface area (Å²) in [6.45, 7) is 2.06. The maximum absolute atomic E-state index is 4.32. The van der Waals surface area contributed by atoms with Crippen LogP contribution >= 0.6 is 0 Å². The van der Waals surface area contributed by atoms with E-state index in [-0.39, 0.29) is 0 Å². The summed E-state index contributed by atoms with van der Waals surface area (Å²) < 4.78 is 0. The lowest BCUT2D eigenvalue weighted by Gasteiger charge is -2.06. The quantitative estimate of drug-likeness (QED) is 0.501. The van der Waals surface area contributed by atoms with Gasteiger partial charge in [0.2, 0.25) is 0 Å². The number of aryl methyl sites for hydroxylation is 1. The molecule has 11 heavy (non-hydrogen) atoms. The highest BCUT2D eigenvalue weighted by Crippen LogP contribution is 2.11. The third kappa shape index (κ3) is 1.12. The van der Waals surface area contributed by atoms with E-state index in [0.29, 0.717) is 0 Å². The molecule has 0 unspecified atom stereocenters. The number of aromatic nitrogens is 1. The SMILES string of the molecule is Cc1cnc2c(c1)CC#CC2. The molecular weight excluding hydrogens is 134 g/mol. The summed E-state index contributed by atoms with van der Waals surface area (Å²) in [6.07, 6.45) is 3.62. The first-order chi connectivity index (χ1) is 5.36. The molecule has 1 aliphatic carbocycles. The van der Waals surface area contributed by atoms with Crippen molar-refractivity contribution in [3.8, 4) is 11.8 Å². The van der Waals surface area contributed by atoms with Crippen LogP contribution in [0.4, 0.5) is 0 Å². The molecule has 0 spiro atoms.